The summed E-state index contributed by atoms with van der Waals surface area (Å²) in [6, 6.07) is 8.96. The quantitative estimate of drug-likeness (QED) is 0.537. The predicted molar refractivity (Wildman–Crippen MR) is 65.1 cm³/mol. The van der Waals surface area contributed by atoms with E-state index in [2.05, 4.69) is 0 Å². The van der Waals surface area contributed by atoms with Gasteiger partial charge in [-0.15, -0.1) is 0 Å². The molecule has 4 heteroatoms. The van der Waals surface area contributed by atoms with Gasteiger partial charge in [-0.2, -0.15) is 0 Å². The van der Waals surface area contributed by atoms with E-state index in [1.807, 2.05) is 6.07 Å². The van der Waals surface area contributed by atoms with E-state index >= 15 is 0 Å². The van der Waals surface area contributed by atoms with Gasteiger partial charge >= 0.3 is 0 Å². The van der Waals surface area contributed by atoms with Crippen LogP contribution in [0.4, 0.5) is 0 Å². The average Bonchev–Trinajstić information content (AvgIpc) is 2.30. The van der Waals surface area contributed by atoms with Gasteiger partial charge in [0.2, 0.25) is 0 Å². The Morgan fingerprint density at radius 2 is 2.00 bits per heavy atom. The normalized spacial score (nSPS) is 12.3. The van der Waals surface area contributed by atoms with E-state index in [-0.39, 0.29) is 11.5 Å². The molecule has 0 radical (unpaired) electrons. The van der Waals surface area contributed by atoms with Crippen LogP contribution in [-0.2, 0) is 15.5 Å². The molecule has 0 saturated heterocycles. The largest absolute Gasteiger partial charge is 0.385 e. The van der Waals surface area contributed by atoms with Gasteiger partial charge in [-0.05, 0) is 6.42 Å². The molecule has 0 aromatic heterocycles. The van der Waals surface area contributed by atoms with Gasteiger partial charge in [-0.1, -0.05) is 30.3 Å². The molecule has 0 saturated carbocycles. The number of carbonyl (C=O) groups is 1. The summed E-state index contributed by atoms with van der Waals surface area (Å²) in [4.78, 5) is 11.7. The van der Waals surface area contributed by atoms with E-state index in [1.54, 1.807) is 31.4 Å². The standard InChI is InChI=1S/C12H16O3S/c1-15-8-5-9-16(14)10-12(13)11-6-3-2-4-7-11/h2-4,6-7H,5,8-10H2,1H3. The first-order valence-electron chi connectivity index (χ1n) is 5.16. The molecule has 1 aromatic rings. The first kappa shape index (κ1) is 13.1. The maximum atomic E-state index is 11.7. The van der Waals surface area contributed by atoms with E-state index < -0.39 is 10.8 Å². The van der Waals surface area contributed by atoms with Crippen molar-refractivity contribution in [2.45, 2.75) is 6.42 Å². The van der Waals surface area contributed by atoms with Crippen molar-refractivity contribution in [3.05, 3.63) is 35.9 Å². The van der Waals surface area contributed by atoms with Crippen LogP contribution in [0.3, 0.4) is 0 Å². The Kier molecular flexibility index (Phi) is 5.96. The van der Waals surface area contributed by atoms with Crippen molar-refractivity contribution in [1.82, 2.24) is 0 Å². The van der Waals surface area contributed by atoms with E-state index in [4.69, 9.17) is 4.74 Å². The van der Waals surface area contributed by atoms with E-state index in [9.17, 15) is 9.00 Å². The van der Waals surface area contributed by atoms with Crippen LogP contribution >= 0.6 is 0 Å². The zero-order valence-electron chi connectivity index (χ0n) is 9.35. The lowest BCUT2D eigenvalue weighted by Crippen LogP contribution is -2.14. The Morgan fingerprint density at radius 3 is 2.62 bits per heavy atom. The van der Waals surface area contributed by atoms with Crippen LogP contribution in [-0.4, -0.2) is 35.2 Å². The van der Waals surface area contributed by atoms with Gasteiger partial charge in [-0.3, -0.25) is 9.00 Å². The molecule has 0 bridgehead atoms. The van der Waals surface area contributed by atoms with Gasteiger partial charge in [0.25, 0.3) is 0 Å². The molecule has 1 atom stereocenters. The minimum atomic E-state index is -1.08. The van der Waals surface area contributed by atoms with Crippen LogP contribution in [0.1, 0.15) is 16.8 Å². The van der Waals surface area contributed by atoms with Gasteiger partial charge in [0.05, 0.1) is 5.75 Å². The second-order valence-corrected chi connectivity index (χ2v) is 5.00. The molecule has 0 spiro atoms. The number of rotatable bonds is 7. The summed E-state index contributed by atoms with van der Waals surface area (Å²) in [6.45, 7) is 0.589. The number of hydrogen-bond acceptors (Lipinski definition) is 3. The summed E-state index contributed by atoms with van der Waals surface area (Å²) in [5, 5.41) is 0. The fourth-order valence-corrected chi connectivity index (χ4v) is 2.33. The monoisotopic (exact) mass is 240 g/mol. The number of benzene rings is 1. The van der Waals surface area contributed by atoms with Crippen LogP contribution < -0.4 is 0 Å². The summed E-state index contributed by atoms with van der Waals surface area (Å²) < 4.78 is 16.4. The van der Waals surface area contributed by atoms with E-state index in [1.165, 1.54) is 0 Å². The lowest BCUT2D eigenvalue weighted by molar-refractivity contribution is 0.102. The van der Waals surface area contributed by atoms with E-state index in [0.29, 0.717) is 17.9 Å². The number of methoxy groups -OCH3 is 1. The van der Waals surface area contributed by atoms with Crippen molar-refractivity contribution in [2.24, 2.45) is 0 Å². The highest BCUT2D eigenvalue weighted by Gasteiger charge is 2.09. The number of ether oxygens (including phenoxy) is 1. The van der Waals surface area contributed by atoms with Crippen LogP contribution in [0.2, 0.25) is 0 Å². The third-order valence-electron chi connectivity index (χ3n) is 2.11. The third-order valence-corrected chi connectivity index (χ3v) is 3.44. The number of Topliss-reactive ketones (excluding diaryl/α,β-unsaturated/α-hetero) is 1. The lowest BCUT2D eigenvalue weighted by atomic mass is 10.2. The summed E-state index contributed by atoms with van der Waals surface area (Å²) in [5.74, 6) is 0.566. The van der Waals surface area contributed by atoms with E-state index in [0.717, 1.165) is 6.42 Å². The zero-order valence-corrected chi connectivity index (χ0v) is 10.2. The molecule has 0 amide bonds. The fraction of sp³-hybridized carbons (Fsp3) is 0.417. The Morgan fingerprint density at radius 1 is 1.31 bits per heavy atom. The van der Waals surface area contributed by atoms with Crippen molar-refractivity contribution < 1.29 is 13.7 Å². The SMILES string of the molecule is COCCCS(=O)CC(=O)c1ccccc1. The summed E-state index contributed by atoms with van der Waals surface area (Å²) >= 11 is 0. The van der Waals surface area contributed by atoms with Crippen molar-refractivity contribution >= 4 is 16.6 Å². The molecule has 0 aliphatic rings. The molecule has 0 aliphatic heterocycles. The van der Waals surface area contributed by atoms with Crippen molar-refractivity contribution in [3.63, 3.8) is 0 Å². The first-order chi connectivity index (χ1) is 7.74. The van der Waals surface area contributed by atoms with Gasteiger partial charge in [0.1, 0.15) is 0 Å². The minimum absolute atomic E-state index is 0.0589. The van der Waals surface area contributed by atoms with Gasteiger partial charge in [-0.25, -0.2) is 0 Å². The van der Waals surface area contributed by atoms with Crippen molar-refractivity contribution in [1.29, 1.82) is 0 Å². The molecular weight excluding hydrogens is 224 g/mol. The van der Waals surface area contributed by atoms with Gasteiger partial charge in [0.15, 0.2) is 5.78 Å². The van der Waals surface area contributed by atoms with Crippen molar-refractivity contribution in [2.75, 3.05) is 25.2 Å². The number of carbonyl (C=O) groups excluding carboxylic acids is 1. The molecular formula is C12H16O3S. The number of hydrogen-bond donors (Lipinski definition) is 0. The molecule has 0 N–H and O–H groups in total. The molecule has 0 aliphatic carbocycles. The van der Waals surface area contributed by atoms with Crippen LogP contribution in [0.5, 0.6) is 0 Å². The minimum Gasteiger partial charge on any atom is -0.385 e. The lowest BCUT2D eigenvalue weighted by Gasteiger charge is -2.01. The second-order valence-electron chi connectivity index (χ2n) is 3.42. The second kappa shape index (κ2) is 7.30. The highest BCUT2D eigenvalue weighted by atomic mass is 32.2. The maximum Gasteiger partial charge on any atom is 0.175 e. The molecule has 0 heterocycles. The maximum absolute atomic E-state index is 11.7. The fourth-order valence-electron chi connectivity index (χ4n) is 1.29. The Balaban J connectivity index is 2.37. The van der Waals surface area contributed by atoms with Gasteiger partial charge in [0, 0.05) is 35.8 Å². The summed E-state index contributed by atoms with van der Waals surface area (Å²) in [6.07, 6.45) is 0.727. The third kappa shape index (κ3) is 4.68. The van der Waals surface area contributed by atoms with Crippen LogP contribution in [0, 0.1) is 0 Å². The topological polar surface area (TPSA) is 43.4 Å². The predicted octanol–water partition coefficient (Wildman–Crippen LogP) is 1.65. The first-order valence-corrected chi connectivity index (χ1v) is 6.65. The van der Waals surface area contributed by atoms with Crippen LogP contribution in [0.25, 0.3) is 0 Å². The Bertz CT molecular complexity index is 349. The Labute approximate surface area is 98.3 Å². The smallest absolute Gasteiger partial charge is 0.175 e. The zero-order chi connectivity index (χ0) is 11.8. The molecule has 88 valence electrons. The summed E-state index contributed by atoms with van der Waals surface area (Å²) in [7, 11) is 0.528. The highest BCUT2D eigenvalue weighted by Crippen LogP contribution is 2.01. The van der Waals surface area contributed by atoms with Crippen molar-refractivity contribution in [3.8, 4) is 0 Å². The molecule has 1 aromatic carbocycles. The molecule has 1 unspecified atom stereocenters. The molecule has 16 heavy (non-hydrogen) atoms. The highest BCUT2D eigenvalue weighted by molar-refractivity contribution is 7.85. The molecule has 3 nitrogen and oxygen atoms in total. The summed E-state index contributed by atoms with van der Waals surface area (Å²) in [5.41, 5.74) is 0.627. The molecule has 1 rings (SSSR count). The molecule has 0 fully saturated rings. The number of ketones is 1. The Hall–Kier alpha value is -1.00. The average molecular weight is 240 g/mol. The van der Waals surface area contributed by atoms with Crippen LogP contribution in [0.15, 0.2) is 30.3 Å². The van der Waals surface area contributed by atoms with Gasteiger partial charge < -0.3 is 4.74 Å².